The van der Waals surface area contributed by atoms with Crippen molar-refractivity contribution in [3.63, 3.8) is 0 Å². The first kappa shape index (κ1) is 29.5. The Morgan fingerprint density at radius 3 is 2.27 bits per heavy atom. The summed E-state index contributed by atoms with van der Waals surface area (Å²) in [6.45, 7) is 0.838. The number of aromatic nitrogens is 1. The summed E-state index contributed by atoms with van der Waals surface area (Å²) >= 11 is 0. The number of H-pyrrole nitrogens is 1. The number of carbonyl (C=O) groups is 1. The molecule has 0 radical (unpaired) electrons. The summed E-state index contributed by atoms with van der Waals surface area (Å²) in [6, 6.07) is 28.8. The number of amides is 1. The molecule has 1 saturated heterocycles. The van der Waals surface area contributed by atoms with E-state index in [-0.39, 0.29) is 34.5 Å². The van der Waals surface area contributed by atoms with Crippen molar-refractivity contribution in [2.75, 3.05) is 17.4 Å². The summed E-state index contributed by atoms with van der Waals surface area (Å²) in [6.07, 6.45) is -3.12. The van der Waals surface area contributed by atoms with Gasteiger partial charge in [-0.25, -0.2) is 8.42 Å². The molecule has 44 heavy (non-hydrogen) atoms. The first-order chi connectivity index (χ1) is 21.1. The monoisotopic (exact) mass is 617 g/mol. The number of carbonyl (C=O) groups excluding carboxylic acids is 1. The molecule has 0 spiro atoms. The van der Waals surface area contributed by atoms with Crippen LogP contribution in [0, 0.1) is 0 Å². The lowest BCUT2D eigenvalue weighted by molar-refractivity contribution is -0.137. The topological polar surface area (TPSA) is 73.5 Å². The second kappa shape index (κ2) is 11.8. The number of anilines is 1. The molecule has 1 aromatic heterocycles. The number of alkyl halides is 3. The van der Waals surface area contributed by atoms with Crippen LogP contribution in [0.15, 0.2) is 114 Å². The van der Waals surface area contributed by atoms with Gasteiger partial charge in [0.05, 0.1) is 22.7 Å². The van der Waals surface area contributed by atoms with Gasteiger partial charge in [-0.05, 0) is 72.3 Å². The minimum atomic E-state index is -4.65. The largest absolute Gasteiger partial charge is 0.416 e. The van der Waals surface area contributed by atoms with Crippen LogP contribution in [0.4, 0.5) is 18.9 Å². The number of hydrogen-bond acceptors (Lipinski definition) is 3. The van der Waals surface area contributed by atoms with E-state index in [2.05, 4.69) is 17.1 Å². The Morgan fingerprint density at radius 1 is 0.841 bits per heavy atom. The highest BCUT2D eigenvalue weighted by atomic mass is 32.2. The van der Waals surface area contributed by atoms with Gasteiger partial charge in [0.25, 0.3) is 15.9 Å². The fraction of sp³-hybridized carbons (Fsp3) is 0.206. The number of nitrogens with zero attached hydrogens (tertiary/aromatic N) is 2. The van der Waals surface area contributed by atoms with Crippen LogP contribution in [0.5, 0.6) is 0 Å². The molecule has 6 rings (SSSR count). The lowest BCUT2D eigenvalue weighted by atomic mass is 9.93. The molecular formula is C34H30F3N3O3S. The normalized spacial score (nSPS) is 14.6. The Hall–Kier alpha value is -4.57. The lowest BCUT2D eigenvalue weighted by Crippen LogP contribution is -2.38. The summed E-state index contributed by atoms with van der Waals surface area (Å²) in [7, 11) is -4.37. The lowest BCUT2D eigenvalue weighted by Gasteiger charge is -2.32. The Kier molecular flexibility index (Phi) is 7.94. The van der Waals surface area contributed by atoms with Crippen LogP contribution in [0.2, 0.25) is 0 Å². The number of para-hydroxylation sites is 1. The molecule has 1 aliphatic rings. The number of halogens is 3. The average molecular weight is 618 g/mol. The third-order valence-corrected chi connectivity index (χ3v) is 9.84. The molecule has 4 aromatic carbocycles. The van der Waals surface area contributed by atoms with Gasteiger partial charge >= 0.3 is 6.18 Å². The van der Waals surface area contributed by atoms with Gasteiger partial charge in [-0.1, -0.05) is 60.7 Å². The Labute approximate surface area is 253 Å². The molecular weight excluding hydrogens is 587 g/mol. The fourth-order valence-electron chi connectivity index (χ4n) is 5.71. The fourth-order valence-corrected chi connectivity index (χ4v) is 7.20. The van der Waals surface area contributed by atoms with Crippen LogP contribution < -0.4 is 4.31 Å². The molecule has 226 valence electrons. The number of hydrogen-bond donors (Lipinski definition) is 1. The van der Waals surface area contributed by atoms with Crippen LogP contribution in [-0.4, -0.2) is 37.3 Å². The van der Waals surface area contributed by atoms with Gasteiger partial charge in [0.15, 0.2) is 0 Å². The van der Waals surface area contributed by atoms with Crippen LogP contribution in [0.25, 0.3) is 10.9 Å². The molecule has 1 fully saturated rings. The number of sulfonamides is 1. The third kappa shape index (κ3) is 6.07. The molecule has 0 aliphatic carbocycles. The van der Waals surface area contributed by atoms with E-state index in [4.69, 9.17) is 0 Å². The van der Waals surface area contributed by atoms with E-state index in [9.17, 15) is 26.4 Å². The van der Waals surface area contributed by atoms with E-state index in [1.165, 1.54) is 30.3 Å². The molecule has 0 unspecified atom stereocenters. The Balaban J connectivity index is 1.24. The molecule has 0 atom stereocenters. The summed E-state index contributed by atoms with van der Waals surface area (Å²) in [5.41, 5.74) is 1.94. The molecule has 10 heteroatoms. The quantitative estimate of drug-likeness (QED) is 0.204. The maximum atomic E-state index is 14.0. The third-order valence-electron chi connectivity index (χ3n) is 8.07. The highest BCUT2D eigenvalue weighted by Gasteiger charge is 2.33. The predicted octanol–water partition coefficient (Wildman–Crippen LogP) is 7.60. The van der Waals surface area contributed by atoms with Crippen molar-refractivity contribution in [3.05, 3.63) is 132 Å². The molecule has 1 aliphatic heterocycles. The minimum Gasteiger partial charge on any atom is -0.358 e. The zero-order valence-electron chi connectivity index (χ0n) is 23.7. The van der Waals surface area contributed by atoms with Gasteiger partial charge in [0, 0.05) is 35.8 Å². The maximum Gasteiger partial charge on any atom is 0.416 e. The van der Waals surface area contributed by atoms with E-state index in [0.29, 0.717) is 18.7 Å². The second-order valence-corrected chi connectivity index (χ2v) is 12.8. The first-order valence-electron chi connectivity index (χ1n) is 14.3. The molecule has 2 heterocycles. The number of aromatic amines is 1. The van der Waals surface area contributed by atoms with Gasteiger partial charge in [-0.2, -0.15) is 13.2 Å². The van der Waals surface area contributed by atoms with Crippen molar-refractivity contribution in [1.82, 2.24) is 9.88 Å². The smallest absolute Gasteiger partial charge is 0.358 e. The van der Waals surface area contributed by atoms with Crippen molar-refractivity contribution in [3.8, 4) is 0 Å². The van der Waals surface area contributed by atoms with E-state index in [0.717, 1.165) is 45.9 Å². The van der Waals surface area contributed by atoms with E-state index in [1.54, 1.807) is 41.3 Å². The summed E-state index contributed by atoms with van der Waals surface area (Å²) in [4.78, 5) is 18.6. The van der Waals surface area contributed by atoms with Crippen molar-refractivity contribution < 1.29 is 26.4 Å². The Bertz CT molecular complexity index is 1860. The molecule has 6 nitrogen and oxygen atoms in total. The van der Waals surface area contributed by atoms with Crippen molar-refractivity contribution in [2.24, 2.45) is 0 Å². The van der Waals surface area contributed by atoms with Gasteiger partial charge < -0.3 is 9.88 Å². The molecule has 1 amide bonds. The molecule has 0 saturated carbocycles. The SMILES string of the molecule is O=C(c1cccc(S(=O)(=O)N(Cc2ccccc2)c2cccc(C(F)(F)F)c2)c1)N1CCC(c2cc3ccccc3[nH]2)CC1. The standard InChI is InChI=1S/C34H30F3N3O3S/c35-34(36,37)28-12-7-13-29(22-28)40(23-24-8-2-1-3-9-24)44(42,43)30-14-6-11-27(20-30)33(41)39-18-16-25(17-19-39)32-21-26-10-4-5-15-31(26)38-32/h1-15,20-22,25,38H,16-19,23H2. The van der Waals surface area contributed by atoms with Crippen LogP contribution in [-0.2, 0) is 22.7 Å². The van der Waals surface area contributed by atoms with Gasteiger partial charge in [-0.15, -0.1) is 0 Å². The van der Waals surface area contributed by atoms with Crippen LogP contribution in [0.3, 0.4) is 0 Å². The Morgan fingerprint density at radius 2 is 1.55 bits per heavy atom. The zero-order chi connectivity index (χ0) is 30.9. The number of piperidine rings is 1. The number of nitrogens with one attached hydrogen (secondary N) is 1. The van der Waals surface area contributed by atoms with Gasteiger partial charge in [0.2, 0.25) is 0 Å². The van der Waals surface area contributed by atoms with Crippen LogP contribution >= 0.6 is 0 Å². The predicted molar refractivity (Wildman–Crippen MR) is 164 cm³/mol. The first-order valence-corrected chi connectivity index (χ1v) is 15.7. The number of fused-ring (bicyclic) bond motifs is 1. The van der Waals surface area contributed by atoms with E-state index >= 15 is 0 Å². The number of benzene rings is 4. The van der Waals surface area contributed by atoms with Gasteiger partial charge in [-0.3, -0.25) is 9.10 Å². The van der Waals surface area contributed by atoms with Crippen molar-refractivity contribution >= 4 is 32.5 Å². The summed E-state index contributed by atoms with van der Waals surface area (Å²) in [5, 5.41) is 1.14. The molecule has 1 N–H and O–H groups in total. The average Bonchev–Trinajstić information content (AvgIpc) is 3.48. The van der Waals surface area contributed by atoms with E-state index in [1.807, 2.05) is 18.2 Å². The van der Waals surface area contributed by atoms with E-state index < -0.39 is 21.8 Å². The van der Waals surface area contributed by atoms with Gasteiger partial charge in [0.1, 0.15) is 0 Å². The maximum absolute atomic E-state index is 14.0. The highest BCUT2D eigenvalue weighted by molar-refractivity contribution is 7.92. The van der Waals surface area contributed by atoms with Crippen molar-refractivity contribution in [2.45, 2.75) is 36.4 Å². The minimum absolute atomic E-state index is 0.126. The molecule has 0 bridgehead atoms. The molecule has 5 aromatic rings. The summed E-state index contributed by atoms with van der Waals surface area (Å²) in [5.74, 6) is -0.0111. The second-order valence-electron chi connectivity index (χ2n) is 11.0. The number of likely N-dealkylation sites (tertiary alicyclic amines) is 1. The summed E-state index contributed by atoms with van der Waals surface area (Å²) < 4.78 is 69.7. The zero-order valence-corrected chi connectivity index (χ0v) is 24.5. The highest BCUT2D eigenvalue weighted by Crippen LogP contribution is 2.35. The van der Waals surface area contributed by atoms with Crippen molar-refractivity contribution in [1.29, 1.82) is 0 Å². The van der Waals surface area contributed by atoms with Crippen LogP contribution in [0.1, 0.15) is 45.9 Å². The number of rotatable bonds is 7.